The Morgan fingerprint density at radius 1 is 1.02 bits per heavy atom. The highest BCUT2D eigenvalue weighted by Crippen LogP contribution is 2.45. The van der Waals surface area contributed by atoms with Crippen molar-refractivity contribution in [3.05, 3.63) is 53.6 Å². The van der Waals surface area contributed by atoms with Crippen molar-refractivity contribution in [3.8, 4) is 11.5 Å². The van der Waals surface area contributed by atoms with Gasteiger partial charge in [0.25, 0.3) is 0 Å². The molecule has 1 N–H and O–H groups in total. The van der Waals surface area contributed by atoms with Crippen LogP contribution >= 0.6 is 0 Å². The maximum atomic E-state index is 13.6. The smallest absolute Gasteiger partial charge is 0.394 e. The third-order valence-corrected chi connectivity index (χ3v) is 8.04. The molecule has 1 unspecified atom stereocenters. The van der Waals surface area contributed by atoms with Crippen LogP contribution in [-0.2, 0) is 11.2 Å². The van der Waals surface area contributed by atoms with E-state index in [4.69, 9.17) is 9.47 Å². The second kappa shape index (κ2) is 12.8. The number of nitrogens with zero attached hydrogens (tertiary/aromatic N) is 1. The second-order valence-electron chi connectivity index (χ2n) is 13.0. The van der Waals surface area contributed by atoms with Gasteiger partial charge < -0.3 is 19.5 Å². The van der Waals surface area contributed by atoms with Gasteiger partial charge in [-0.3, -0.25) is 4.79 Å². The molecule has 2 fully saturated rings. The van der Waals surface area contributed by atoms with E-state index in [1.165, 1.54) is 5.56 Å². The van der Waals surface area contributed by atoms with Crippen LogP contribution in [0.1, 0.15) is 89.7 Å². The minimum absolute atomic E-state index is 0.0503. The first kappa shape index (κ1) is 30.1. The van der Waals surface area contributed by atoms with Gasteiger partial charge in [0.1, 0.15) is 11.5 Å². The molecule has 2 aromatic rings. The third kappa shape index (κ3) is 9.38. The molecule has 1 atom stereocenters. The fraction of sp³-hybridized carbons (Fsp3) is 0.606. The number of alkyl halides is 2. The summed E-state index contributed by atoms with van der Waals surface area (Å²) in [5.74, 6) is 1.13. The van der Waals surface area contributed by atoms with Crippen molar-refractivity contribution >= 4 is 11.7 Å². The van der Waals surface area contributed by atoms with Crippen LogP contribution in [0.3, 0.4) is 0 Å². The molecule has 1 saturated carbocycles. The van der Waals surface area contributed by atoms with Crippen LogP contribution in [0.2, 0.25) is 0 Å². The molecule has 1 aliphatic carbocycles. The van der Waals surface area contributed by atoms with Crippen molar-refractivity contribution in [2.24, 2.45) is 17.3 Å². The lowest BCUT2D eigenvalue weighted by Crippen LogP contribution is -2.36. The third-order valence-electron chi connectivity index (χ3n) is 8.04. The molecule has 5 nitrogen and oxygen atoms in total. The number of ether oxygens (including phenoxy) is 2. The van der Waals surface area contributed by atoms with E-state index < -0.39 is 12.1 Å². The van der Waals surface area contributed by atoms with Crippen LogP contribution in [0.4, 0.5) is 14.5 Å². The summed E-state index contributed by atoms with van der Waals surface area (Å²) in [6, 6.07) is 13.3. The lowest BCUT2D eigenvalue weighted by Gasteiger charge is -2.35. The lowest BCUT2D eigenvalue weighted by molar-refractivity contribution is -0.158. The summed E-state index contributed by atoms with van der Waals surface area (Å²) in [4.78, 5) is 13.7. The predicted molar refractivity (Wildman–Crippen MR) is 155 cm³/mol. The molecule has 220 valence electrons. The van der Waals surface area contributed by atoms with Gasteiger partial charge in [-0.05, 0) is 97.4 Å². The van der Waals surface area contributed by atoms with Crippen LogP contribution < -0.4 is 14.4 Å². The molecular formula is C33H45F2NO4. The summed E-state index contributed by atoms with van der Waals surface area (Å²) in [5.41, 5.74) is 3.47. The van der Waals surface area contributed by atoms with E-state index in [9.17, 15) is 18.7 Å². The minimum atomic E-state index is -3.22. The maximum absolute atomic E-state index is 13.6. The van der Waals surface area contributed by atoms with E-state index in [-0.39, 0.29) is 23.5 Å². The van der Waals surface area contributed by atoms with Crippen molar-refractivity contribution in [1.29, 1.82) is 0 Å². The van der Waals surface area contributed by atoms with Crippen molar-refractivity contribution in [1.82, 2.24) is 0 Å². The zero-order valence-electron chi connectivity index (χ0n) is 24.4. The first-order valence-corrected chi connectivity index (χ1v) is 14.8. The number of hydrogen-bond acceptors (Lipinski definition) is 4. The maximum Gasteiger partial charge on any atom is 0.394 e. The molecule has 0 radical (unpaired) electrons. The summed E-state index contributed by atoms with van der Waals surface area (Å²) in [6.45, 7) is 9.73. The van der Waals surface area contributed by atoms with Crippen LogP contribution in [-0.4, -0.2) is 36.9 Å². The number of anilines is 1. The number of carbonyl (C=O) groups is 1. The predicted octanol–water partition coefficient (Wildman–Crippen LogP) is 8.31. The Kier molecular flexibility index (Phi) is 9.63. The molecular weight excluding hydrogens is 512 g/mol. The lowest BCUT2D eigenvalue weighted by atomic mass is 9.88. The van der Waals surface area contributed by atoms with E-state index in [1.807, 2.05) is 30.3 Å². The fourth-order valence-electron chi connectivity index (χ4n) is 5.76. The summed E-state index contributed by atoms with van der Waals surface area (Å²) >= 11 is 0. The van der Waals surface area contributed by atoms with Gasteiger partial charge in [0, 0.05) is 31.8 Å². The van der Waals surface area contributed by atoms with Gasteiger partial charge in [-0.15, -0.1) is 0 Å². The number of aliphatic carboxylic acids is 1. The van der Waals surface area contributed by atoms with Crippen molar-refractivity contribution in [3.63, 3.8) is 0 Å². The molecule has 7 heteroatoms. The summed E-state index contributed by atoms with van der Waals surface area (Å²) in [6.07, 6.45) is 4.05. The van der Waals surface area contributed by atoms with Crippen molar-refractivity contribution in [2.75, 3.05) is 24.6 Å². The van der Waals surface area contributed by atoms with Crippen LogP contribution in [0.15, 0.2) is 42.5 Å². The van der Waals surface area contributed by atoms with Crippen molar-refractivity contribution < 1.29 is 28.2 Å². The Morgan fingerprint density at radius 3 is 2.38 bits per heavy atom. The van der Waals surface area contributed by atoms with Crippen LogP contribution in [0.5, 0.6) is 11.5 Å². The molecule has 0 spiro atoms. The number of carboxylic acids is 1. The van der Waals surface area contributed by atoms with Crippen LogP contribution in [0, 0.1) is 17.3 Å². The fourth-order valence-corrected chi connectivity index (χ4v) is 5.76. The van der Waals surface area contributed by atoms with Crippen LogP contribution in [0.25, 0.3) is 0 Å². The Morgan fingerprint density at radius 2 is 1.75 bits per heavy atom. The van der Waals surface area contributed by atoms with Crippen molar-refractivity contribution in [2.45, 2.75) is 91.1 Å². The number of hydrogen-bond donors (Lipinski definition) is 1. The zero-order valence-corrected chi connectivity index (χ0v) is 24.4. The molecule has 0 aromatic heterocycles. The normalized spacial score (nSPS) is 17.5. The monoisotopic (exact) mass is 557 g/mol. The molecule has 1 heterocycles. The van der Waals surface area contributed by atoms with E-state index in [2.05, 4.69) is 25.7 Å². The number of benzene rings is 2. The highest BCUT2D eigenvalue weighted by molar-refractivity contribution is 5.68. The van der Waals surface area contributed by atoms with Gasteiger partial charge in [0.15, 0.2) is 0 Å². The van der Waals surface area contributed by atoms with Gasteiger partial charge in [-0.1, -0.05) is 39.0 Å². The number of carboxylic acid groups (broad SMARTS) is 1. The molecule has 2 aliphatic rings. The van der Waals surface area contributed by atoms with Gasteiger partial charge in [0.05, 0.1) is 13.0 Å². The summed E-state index contributed by atoms with van der Waals surface area (Å²) in [7, 11) is 0. The quantitative estimate of drug-likeness (QED) is 0.268. The number of halogens is 2. The largest absolute Gasteiger partial charge is 0.493 e. The molecule has 1 saturated heterocycles. The van der Waals surface area contributed by atoms with Gasteiger partial charge >= 0.3 is 12.1 Å². The first-order valence-electron chi connectivity index (χ1n) is 14.8. The molecule has 2 aromatic carbocycles. The van der Waals surface area contributed by atoms with Gasteiger partial charge in [0.2, 0.25) is 0 Å². The Labute approximate surface area is 237 Å². The zero-order chi connectivity index (χ0) is 28.9. The number of aryl methyl sites for hydroxylation is 1. The second-order valence-corrected chi connectivity index (χ2v) is 13.0. The first-order chi connectivity index (χ1) is 18.9. The summed E-state index contributed by atoms with van der Waals surface area (Å²) < 4.78 is 38.3. The Bertz CT molecular complexity index is 1130. The molecule has 40 heavy (non-hydrogen) atoms. The highest BCUT2D eigenvalue weighted by Gasteiger charge is 2.34. The number of piperidine rings is 1. The van der Waals surface area contributed by atoms with Gasteiger partial charge in [-0.2, -0.15) is 8.78 Å². The SMILES string of the molecule is CC(C)(C)CCCc1ccc(OC(C)(F)F)cc1N1CCC(COc2cccc(C(CC(=O)O)C3CC3)c2)CC1. The molecule has 4 rings (SSSR count). The Balaban J connectivity index is 1.36. The molecule has 1 aliphatic heterocycles. The average Bonchev–Trinajstić information content (AvgIpc) is 3.71. The minimum Gasteiger partial charge on any atom is -0.493 e. The summed E-state index contributed by atoms with van der Waals surface area (Å²) in [5, 5.41) is 9.35. The standard InChI is InChI=1S/C33H45F2NO4/c1-32(2,3)16-6-8-25-12-13-28(40-33(4,34)35)20-30(25)36-17-14-23(15-18-36)22-39-27-9-5-7-26(19-27)29(21-31(37)38)24-10-11-24/h5,7,9,12-13,19-20,23-24,29H,6,8,10-11,14-18,21-22H2,1-4H3,(H,37,38). The van der Waals surface area contributed by atoms with E-state index in [0.29, 0.717) is 18.4 Å². The van der Waals surface area contributed by atoms with Gasteiger partial charge in [-0.25, -0.2) is 0 Å². The number of rotatable bonds is 13. The van der Waals surface area contributed by atoms with E-state index in [0.717, 1.165) is 82.0 Å². The average molecular weight is 558 g/mol. The highest BCUT2D eigenvalue weighted by atomic mass is 19.3. The van der Waals surface area contributed by atoms with E-state index in [1.54, 1.807) is 12.1 Å². The molecule has 0 bridgehead atoms. The molecule has 0 amide bonds. The Hall–Kier alpha value is -2.83. The van der Waals surface area contributed by atoms with E-state index >= 15 is 0 Å². The topological polar surface area (TPSA) is 59.0 Å².